The molecule has 128 valence electrons. The molecule has 0 radical (unpaired) electrons. The Morgan fingerprint density at radius 1 is 1.26 bits per heavy atom. The van der Waals surface area contributed by atoms with Gasteiger partial charge in [-0.25, -0.2) is 0 Å². The van der Waals surface area contributed by atoms with E-state index in [1.54, 1.807) is 24.3 Å². The molecule has 1 saturated heterocycles. The SMILES string of the molecule is CCCN(C(=O)CCC(=O)c1ccc(Cl)cc1)C1CCNC1.Cl. The Kier molecular flexibility index (Phi) is 8.59. The summed E-state index contributed by atoms with van der Waals surface area (Å²) in [5, 5.41) is 3.90. The van der Waals surface area contributed by atoms with Crippen LogP contribution in [0.1, 0.15) is 43.0 Å². The van der Waals surface area contributed by atoms with Gasteiger partial charge in [-0.15, -0.1) is 12.4 Å². The first-order valence-corrected chi connectivity index (χ1v) is 8.28. The van der Waals surface area contributed by atoms with Crippen LogP contribution in [0.3, 0.4) is 0 Å². The minimum atomic E-state index is -0.00832. The first kappa shape index (κ1) is 19.9. The number of ketones is 1. The van der Waals surface area contributed by atoms with E-state index in [0.717, 1.165) is 32.5 Å². The lowest BCUT2D eigenvalue weighted by Crippen LogP contribution is -2.42. The number of nitrogens with one attached hydrogen (secondary N) is 1. The molecule has 1 fully saturated rings. The quantitative estimate of drug-likeness (QED) is 0.760. The zero-order valence-corrected chi connectivity index (χ0v) is 15.0. The molecular weight excluding hydrogens is 335 g/mol. The molecule has 1 amide bonds. The Bertz CT molecular complexity index is 514. The number of halogens is 2. The highest BCUT2D eigenvalue weighted by Gasteiger charge is 2.25. The molecule has 1 unspecified atom stereocenters. The van der Waals surface area contributed by atoms with Crippen molar-refractivity contribution in [1.29, 1.82) is 0 Å². The smallest absolute Gasteiger partial charge is 0.223 e. The number of Topliss-reactive ketones (excluding diaryl/α,β-unsaturated/α-hetero) is 1. The third-order valence-corrected chi connectivity index (χ3v) is 4.24. The van der Waals surface area contributed by atoms with E-state index in [2.05, 4.69) is 12.2 Å². The standard InChI is InChI=1S/C17H23ClN2O2.ClH/c1-2-11-20(15-9-10-19-12-15)17(22)8-7-16(21)13-3-5-14(18)6-4-13;/h3-6,15,19H,2,7-12H2,1H3;1H. The van der Waals surface area contributed by atoms with E-state index in [0.29, 0.717) is 10.6 Å². The lowest BCUT2D eigenvalue weighted by molar-refractivity contribution is -0.133. The molecule has 1 aromatic rings. The second-order valence-corrected chi connectivity index (χ2v) is 6.10. The van der Waals surface area contributed by atoms with E-state index in [1.165, 1.54) is 0 Å². The highest BCUT2D eigenvalue weighted by atomic mass is 35.5. The van der Waals surface area contributed by atoms with E-state index < -0.39 is 0 Å². The molecule has 0 spiro atoms. The summed E-state index contributed by atoms with van der Waals surface area (Å²) >= 11 is 5.81. The van der Waals surface area contributed by atoms with E-state index in [1.807, 2.05) is 4.90 Å². The van der Waals surface area contributed by atoms with E-state index in [4.69, 9.17) is 11.6 Å². The molecule has 0 aromatic heterocycles. The van der Waals surface area contributed by atoms with Crippen LogP contribution in [-0.4, -0.2) is 42.3 Å². The molecule has 1 heterocycles. The summed E-state index contributed by atoms with van der Waals surface area (Å²) in [4.78, 5) is 26.5. The van der Waals surface area contributed by atoms with Gasteiger partial charge >= 0.3 is 0 Å². The number of nitrogens with zero attached hydrogens (tertiary/aromatic N) is 1. The third kappa shape index (κ3) is 5.79. The molecule has 0 saturated carbocycles. The number of amides is 1. The van der Waals surface area contributed by atoms with Crippen molar-refractivity contribution >= 4 is 35.7 Å². The molecule has 6 heteroatoms. The van der Waals surface area contributed by atoms with Crippen molar-refractivity contribution in [2.75, 3.05) is 19.6 Å². The number of rotatable bonds is 7. The van der Waals surface area contributed by atoms with E-state index in [-0.39, 0.29) is 43.0 Å². The predicted octanol–water partition coefficient (Wildman–Crippen LogP) is 3.33. The highest BCUT2D eigenvalue weighted by Crippen LogP contribution is 2.15. The lowest BCUT2D eigenvalue weighted by Gasteiger charge is -2.28. The van der Waals surface area contributed by atoms with E-state index in [9.17, 15) is 9.59 Å². The maximum Gasteiger partial charge on any atom is 0.223 e. The van der Waals surface area contributed by atoms with Gasteiger partial charge in [-0.05, 0) is 43.7 Å². The van der Waals surface area contributed by atoms with Crippen LogP contribution in [0.25, 0.3) is 0 Å². The zero-order chi connectivity index (χ0) is 15.9. The summed E-state index contributed by atoms with van der Waals surface area (Å²) < 4.78 is 0. The normalized spacial score (nSPS) is 16.7. The van der Waals surface area contributed by atoms with Crippen molar-refractivity contribution in [3.8, 4) is 0 Å². The van der Waals surface area contributed by atoms with Crippen molar-refractivity contribution in [2.24, 2.45) is 0 Å². The van der Waals surface area contributed by atoms with Crippen LogP contribution in [0.2, 0.25) is 5.02 Å². The zero-order valence-electron chi connectivity index (χ0n) is 13.4. The second kappa shape index (κ2) is 9.91. The number of hydrogen-bond acceptors (Lipinski definition) is 3. The fourth-order valence-corrected chi connectivity index (χ4v) is 2.93. The first-order valence-electron chi connectivity index (χ1n) is 7.90. The van der Waals surface area contributed by atoms with Gasteiger partial charge in [0, 0.05) is 42.6 Å². The van der Waals surface area contributed by atoms with Crippen molar-refractivity contribution < 1.29 is 9.59 Å². The molecule has 1 aliphatic rings. The largest absolute Gasteiger partial charge is 0.338 e. The Labute approximate surface area is 149 Å². The molecule has 1 aromatic carbocycles. The van der Waals surface area contributed by atoms with Crippen LogP contribution in [0.15, 0.2) is 24.3 Å². The van der Waals surface area contributed by atoms with Crippen LogP contribution >= 0.6 is 24.0 Å². The van der Waals surface area contributed by atoms with Gasteiger partial charge in [0.1, 0.15) is 0 Å². The maximum absolute atomic E-state index is 12.4. The first-order chi connectivity index (χ1) is 10.6. The topological polar surface area (TPSA) is 49.4 Å². The van der Waals surface area contributed by atoms with Gasteiger partial charge in [-0.3, -0.25) is 9.59 Å². The molecule has 0 aliphatic carbocycles. The van der Waals surface area contributed by atoms with Gasteiger partial charge in [-0.1, -0.05) is 18.5 Å². The van der Waals surface area contributed by atoms with Gasteiger partial charge in [0.2, 0.25) is 5.91 Å². The summed E-state index contributed by atoms with van der Waals surface area (Å²) in [6, 6.07) is 7.09. The van der Waals surface area contributed by atoms with Gasteiger partial charge in [-0.2, -0.15) is 0 Å². The minimum absolute atomic E-state index is 0. The molecule has 1 atom stereocenters. The lowest BCUT2D eigenvalue weighted by atomic mass is 10.1. The van der Waals surface area contributed by atoms with Crippen molar-refractivity contribution in [2.45, 2.75) is 38.6 Å². The van der Waals surface area contributed by atoms with Crippen LogP contribution < -0.4 is 5.32 Å². The molecular formula is C17H24Cl2N2O2. The summed E-state index contributed by atoms with van der Waals surface area (Å²) in [5.74, 6) is 0.0730. The fraction of sp³-hybridized carbons (Fsp3) is 0.529. The Morgan fingerprint density at radius 2 is 1.96 bits per heavy atom. The third-order valence-electron chi connectivity index (χ3n) is 3.99. The predicted molar refractivity (Wildman–Crippen MR) is 95.5 cm³/mol. The molecule has 1 N–H and O–H groups in total. The summed E-state index contributed by atoms with van der Waals surface area (Å²) in [6.07, 6.45) is 2.46. The van der Waals surface area contributed by atoms with Gasteiger partial charge in [0.15, 0.2) is 5.78 Å². The van der Waals surface area contributed by atoms with Crippen LogP contribution in [-0.2, 0) is 4.79 Å². The molecule has 23 heavy (non-hydrogen) atoms. The minimum Gasteiger partial charge on any atom is -0.338 e. The second-order valence-electron chi connectivity index (χ2n) is 5.66. The number of hydrogen-bond donors (Lipinski definition) is 1. The average Bonchev–Trinajstić information content (AvgIpc) is 3.04. The van der Waals surface area contributed by atoms with Crippen molar-refractivity contribution in [1.82, 2.24) is 10.2 Å². The van der Waals surface area contributed by atoms with Crippen LogP contribution in [0.5, 0.6) is 0 Å². The van der Waals surface area contributed by atoms with Crippen molar-refractivity contribution in [3.63, 3.8) is 0 Å². The van der Waals surface area contributed by atoms with Gasteiger partial charge in [0.25, 0.3) is 0 Å². The molecule has 2 rings (SSSR count). The van der Waals surface area contributed by atoms with Crippen LogP contribution in [0, 0.1) is 0 Å². The number of benzene rings is 1. The fourth-order valence-electron chi connectivity index (χ4n) is 2.80. The van der Waals surface area contributed by atoms with Crippen LogP contribution in [0.4, 0.5) is 0 Å². The summed E-state index contributed by atoms with van der Waals surface area (Å²) in [5.41, 5.74) is 0.613. The summed E-state index contributed by atoms with van der Waals surface area (Å²) in [7, 11) is 0. The molecule has 1 aliphatic heterocycles. The average molecular weight is 359 g/mol. The monoisotopic (exact) mass is 358 g/mol. The van der Waals surface area contributed by atoms with E-state index >= 15 is 0 Å². The maximum atomic E-state index is 12.4. The Hall–Kier alpha value is -1.10. The number of carbonyl (C=O) groups excluding carboxylic acids is 2. The van der Waals surface area contributed by atoms with Gasteiger partial charge in [0.05, 0.1) is 0 Å². The Morgan fingerprint density at radius 3 is 2.52 bits per heavy atom. The van der Waals surface area contributed by atoms with Gasteiger partial charge < -0.3 is 10.2 Å². The van der Waals surface area contributed by atoms with Crippen molar-refractivity contribution in [3.05, 3.63) is 34.9 Å². The number of carbonyl (C=O) groups is 2. The molecule has 4 nitrogen and oxygen atoms in total. The summed E-state index contributed by atoms with van der Waals surface area (Å²) in [6.45, 7) is 4.65. The Balaban J connectivity index is 0.00000264. The molecule has 0 bridgehead atoms. The highest BCUT2D eigenvalue weighted by molar-refractivity contribution is 6.30.